The third-order valence-electron chi connectivity index (χ3n) is 9.62. The molecule has 0 aliphatic carbocycles. The van der Waals surface area contributed by atoms with Crippen LogP contribution in [0, 0.1) is 12.7 Å². The normalized spacial score (nSPS) is 16.9. The molecular weight excluding hydrogens is 651 g/mol. The number of fused-ring (bicyclic) bond motifs is 7. The van der Waals surface area contributed by atoms with Gasteiger partial charge in [-0.25, -0.2) is 9.18 Å². The molecule has 0 saturated heterocycles. The Bertz CT molecular complexity index is 2240. The van der Waals surface area contributed by atoms with Crippen LogP contribution in [0.1, 0.15) is 68.3 Å². The van der Waals surface area contributed by atoms with Crippen LogP contribution in [0.5, 0.6) is 5.75 Å². The van der Waals surface area contributed by atoms with Gasteiger partial charge in [0.15, 0.2) is 0 Å². The van der Waals surface area contributed by atoms with Gasteiger partial charge in [-0.05, 0) is 85.9 Å². The number of nitrogens with one attached hydrogen (secondary N) is 1. The summed E-state index contributed by atoms with van der Waals surface area (Å²) in [6.45, 7) is 3.70. The Morgan fingerprint density at radius 1 is 1.06 bits per heavy atom. The maximum absolute atomic E-state index is 14.3. The first-order valence-electron chi connectivity index (χ1n) is 16.3. The molecular formula is C36H34ClFN6O3S. The van der Waals surface area contributed by atoms with Crippen LogP contribution in [-0.4, -0.2) is 42.2 Å². The summed E-state index contributed by atoms with van der Waals surface area (Å²) < 4.78 is 24.5. The lowest BCUT2D eigenvalue weighted by Crippen LogP contribution is -2.28. The van der Waals surface area contributed by atoms with Crippen molar-refractivity contribution in [2.45, 2.75) is 64.6 Å². The van der Waals surface area contributed by atoms with Crippen molar-refractivity contribution in [1.29, 1.82) is 0 Å². The fraction of sp³-hybridized carbons (Fsp3) is 0.333. The third kappa shape index (κ3) is 5.34. The van der Waals surface area contributed by atoms with Crippen LogP contribution in [0.4, 0.5) is 4.39 Å². The lowest BCUT2D eigenvalue weighted by Gasteiger charge is -2.26. The van der Waals surface area contributed by atoms with Crippen LogP contribution in [0.15, 0.2) is 42.5 Å². The number of halogens is 2. The summed E-state index contributed by atoms with van der Waals surface area (Å²) in [4.78, 5) is 12.8. The number of carbonyl (C=O) groups is 1. The molecule has 2 N–H and O–H groups in total. The zero-order valence-corrected chi connectivity index (χ0v) is 28.2. The molecule has 2 aliphatic rings. The van der Waals surface area contributed by atoms with Gasteiger partial charge < -0.3 is 19.7 Å². The smallest absolute Gasteiger partial charge is 0.352 e. The van der Waals surface area contributed by atoms with Crippen LogP contribution < -0.4 is 10.1 Å². The summed E-state index contributed by atoms with van der Waals surface area (Å²) in [6, 6.07) is 12.5. The lowest BCUT2D eigenvalue weighted by atomic mass is 9.93. The maximum Gasteiger partial charge on any atom is 0.352 e. The number of aromatic carboxylic acids is 1. The van der Waals surface area contributed by atoms with Crippen molar-refractivity contribution in [1.82, 2.24) is 29.9 Å². The Balaban J connectivity index is 1.27. The van der Waals surface area contributed by atoms with E-state index in [0.29, 0.717) is 49.6 Å². The topological polar surface area (TPSA) is 107 Å². The van der Waals surface area contributed by atoms with Crippen molar-refractivity contribution in [2.75, 3.05) is 6.61 Å². The molecule has 5 heterocycles. The van der Waals surface area contributed by atoms with E-state index in [4.69, 9.17) is 21.4 Å². The molecule has 1 atom stereocenters. The predicted molar refractivity (Wildman–Crippen MR) is 185 cm³/mol. The monoisotopic (exact) mass is 684 g/mol. The maximum atomic E-state index is 14.3. The van der Waals surface area contributed by atoms with E-state index in [1.54, 1.807) is 29.0 Å². The number of carboxylic acids is 1. The van der Waals surface area contributed by atoms with Gasteiger partial charge in [-0.2, -0.15) is 5.10 Å². The zero-order valence-electron chi connectivity index (χ0n) is 26.6. The number of ether oxygens (including phenoxy) is 1. The average Bonchev–Trinajstić information content (AvgIpc) is 3.74. The Kier molecular flexibility index (Phi) is 7.93. The van der Waals surface area contributed by atoms with Gasteiger partial charge in [0, 0.05) is 41.9 Å². The van der Waals surface area contributed by atoms with Crippen molar-refractivity contribution in [2.24, 2.45) is 7.05 Å². The molecule has 1 unspecified atom stereocenters. The van der Waals surface area contributed by atoms with Crippen molar-refractivity contribution in [3.63, 3.8) is 0 Å². The first-order chi connectivity index (χ1) is 23.3. The Morgan fingerprint density at radius 2 is 1.90 bits per heavy atom. The molecule has 0 spiro atoms. The van der Waals surface area contributed by atoms with Gasteiger partial charge in [-0.1, -0.05) is 23.7 Å². The molecule has 0 radical (unpaired) electrons. The van der Waals surface area contributed by atoms with Crippen molar-refractivity contribution in [3.05, 3.63) is 91.5 Å². The van der Waals surface area contributed by atoms with Crippen LogP contribution in [-0.2, 0) is 39.4 Å². The van der Waals surface area contributed by atoms with Gasteiger partial charge in [0.2, 0.25) is 0 Å². The predicted octanol–water partition coefficient (Wildman–Crippen LogP) is 7.58. The fourth-order valence-electron chi connectivity index (χ4n) is 7.56. The lowest BCUT2D eigenvalue weighted by molar-refractivity contribution is 0.0685. The fourth-order valence-corrected chi connectivity index (χ4v) is 8.60. The molecule has 0 fully saturated rings. The Hall–Kier alpha value is -4.32. The molecule has 0 saturated carbocycles. The molecule has 3 aromatic carbocycles. The van der Waals surface area contributed by atoms with Gasteiger partial charge >= 0.3 is 5.97 Å². The second-order valence-electron chi connectivity index (χ2n) is 12.7. The van der Waals surface area contributed by atoms with E-state index in [0.717, 1.165) is 84.7 Å². The van der Waals surface area contributed by atoms with Crippen LogP contribution in [0.2, 0.25) is 5.02 Å². The number of nitrogens with zero attached hydrogens (tertiary/aromatic N) is 5. The number of carboxylic acid groups (broad SMARTS) is 1. The van der Waals surface area contributed by atoms with Gasteiger partial charge in [0.05, 0.1) is 41.1 Å². The minimum absolute atomic E-state index is 0.00465. The third-order valence-corrected chi connectivity index (χ3v) is 10.9. The number of aryl methyl sites for hydroxylation is 6. The van der Waals surface area contributed by atoms with Gasteiger partial charge in [-0.15, -0.1) is 21.5 Å². The molecule has 0 amide bonds. The summed E-state index contributed by atoms with van der Waals surface area (Å²) in [5.74, 6) is -0.618. The summed E-state index contributed by atoms with van der Waals surface area (Å²) in [7, 11) is 1.80. The van der Waals surface area contributed by atoms with Crippen molar-refractivity contribution < 1.29 is 19.0 Å². The minimum Gasteiger partial charge on any atom is -0.493 e. The quantitative estimate of drug-likeness (QED) is 0.184. The molecule has 12 heteroatoms. The van der Waals surface area contributed by atoms with Crippen molar-refractivity contribution in [3.8, 4) is 16.9 Å². The highest BCUT2D eigenvalue weighted by Crippen LogP contribution is 2.45. The highest BCUT2D eigenvalue weighted by atomic mass is 35.5. The van der Waals surface area contributed by atoms with E-state index in [1.807, 2.05) is 31.2 Å². The van der Waals surface area contributed by atoms with E-state index >= 15 is 0 Å². The molecule has 48 heavy (non-hydrogen) atoms. The molecule has 8 rings (SSSR count). The zero-order chi connectivity index (χ0) is 33.1. The highest BCUT2D eigenvalue weighted by molar-refractivity contribution is 7.11. The number of aromatic nitrogens is 5. The van der Waals surface area contributed by atoms with Crippen molar-refractivity contribution >= 4 is 50.6 Å². The molecule has 8 bridgehead atoms. The van der Waals surface area contributed by atoms with Gasteiger partial charge in [-0.3, -0.25) is 4.68 Å². The van der Waals surface area contributed by atoms with E-state index in [-0.39, 0.29) is 17.6 Å². The van der Waals surface area contributed by atoms with E-state index in [9.17, 15) is 14.3 Å². The summed E-state index contributed by atoms with van der Waals surface area (Å²) in [5, 5.41) is 33.0. The Labute approximate surface area is 285 Å². The summed E-state index contributed by atoms with van der Waals surface area (Å²) in [6.07, 6.45) is 4.36. The second kappa shape index (κ2) is 12.3. The average molecular weight is 685 g/mol. The minimum atomic E-state index is -0.994. The number of hydrogen-bond donors (Lipinski definition) is 2. The molecule has 9 nitrogen and oxygen atoms in total. The number of rotatable bonds is 1. The van der Waals surface area contributed by atoms with E-state index in [2.05, 4.69) is 20.2 Å². The number of benzene rings is 3. The van der Waals surface area contributed by atoms with E-state index < -0.39 is 5.97 Å². The van der Waals surface area contributed by atoms with Crippen LogP contribution in [0.25, 0.3) is 32.8 Å². The van der Waals surface area contributed by atoms with Crippen LogP contribution >= 0.6 is 22.9 Å². The highest BCUT2D eigenvalue weighted by Gasteiger charge is 2.32. The first-order valence-corrected chi connectivity index (χ1v) is 17.5. The first kappa shape index (κ1) is 31.0. The van der Waals surface area contributed by atoms with Gasteiger partial charge in [0.25, 0.3) is 0 Å². The molecule has 3 aromatic heterocycles. The largest absolute Gasteiger partial charge is 0.493 e. The van der Waals surface area contributed by atoms with Crippen LogP contribution in [0.3, 0.4) is 0 Å². The van der Waals surface area contributed by atoms with E-state index in [1.165, 1.54) is 12.1 Å². The second-order valence-corrected chi connectivity index (χ2v) is 14.2. The SMILES string of the molecule is Cc1nn2c3c1-c1c(Cl)ccc4c(c(C(=O)O)n(C)c14)CCCOc1cc(cc4cc(F)ccc14)CCc1nnc(s1)CNC3CCC2. The Morgan fingerprint density at radius 3 is 2.75 bits per heavy atom. The summed E-state index contributed by atoms with van der Waals surface area (Å²) >= 11 is 8.63. The number of hydrogen-bond acceptors (Lipinski definition) is 7. The molecule has 6 aromatic rings. The summed E-state index contributed by atoms with van der Waals surface area (Å²) in [5.41, 5.74) is 6.43. The standard InChI is InChI=1S/C36H34ClFN6O3S/c1-19-31-32-26(37)11-10-25-24(34(36(45)46)43(2)33(25)32)5-4-14-47-28-16-20(15-21-17-22(38)8-9-23(21)28)7-12-29-40-41-30(48-29)18-39-27-6-3-13-44(42-19)35(27)31/h8-11,15-17,27,39H,3-7,12-14,18H2,1-2H3,(H,45,46). The van der Waals surface area contributed by atoms with Gasteiger partial charge in [0.1, 0.15) is 27.3 Å². The molecule has 246 valence electrons. The molecule has 2 aliphatic heterocycles.